The number of nitrogens with zero attached hydrogens (tertiary/aromatic N) is 2. The molecule has 0 aliphatic heterocycles. The third kappa shape index (κ3) is 3.18. The van der Waals surface area contributed by atoms with Crippen LogP contribution < -0.4 is 5.63 Å². The van der Waals surface area contributed by atoms with Crippen LogP contribution >= 0.6 is 0 Å². The van der Waals surface area contributed by atoms with E-state index in [9.17, 15) is 20.1 Å². The standard InChI is InChI=1S/C26H38N2O5/c1-23-10-7-20-21(26(23,32)13-9-19(23)17-4-5-22(30)33-15-17)8-12-25(31)14-18(29)6-11-24(20,25)16-27-28(2)3/h4-5,15-16,18-21,29,31-32H,6-14H2,1-3H3/b27-16+/t18-,19+,20-,21+,23+,24-,25-,26-/m0/s1. The summed E-state index contributed by atoms with van der Waals surface area (Å²) in [5.41, 5.74) is -2.09. The molecule has 4 saturated carbocycles. The molecule has 4 fully saturated rings. The molecule has 4 aliphatic carbocycles. The van der Waals surface area contributed by atoms with Gasteiger partial charge in [-0.2, -0.15) is 5.10 Å². The van der Waals surface area contributed by atoms with Crippen molar-refractivity contribution in [1.29, 1.82) is 0 Å². The molecule has 1 aromatic heterocycles. The molecule has 7 heteroatoms. The Labute approximate surface area is 195 Å². The maximum Gasteiger partial charge on any atom is 0.335 e. The molecule has 0 bridgehead atoms. The van der Waals surface area contributed by atoms with Gasteiger partial charge in [-0.15, -0.1) is 0 Å². The molecule has 0 unspecified atom stereocenters. The summed E-state index contributed by atoms with van der Waals surface area (Å²) in [6.07, 6.45) is 9.34. The highest BCUT2D eigenvalue weighted by Crippen LogP contribution is 2.71. The molecule has 33 heavy (non-hydrogen) atoms. The fourth-order valence-corrected chi connectivity index (χ4v) is 8.50. The summed E-state index contributed by atoms with van der Waals surface area (Å²) in [6.45, 7) is 2.21. The molecule has 0 spiro atoms. The van der Waals surface area contributed by atoms with E-state index in [-0.39, 0.29) is 28.8 Å². The number of hydrogen-bond acceptors (Lipinski definition) is 7. The van der Waals surface area contributed by atoms with Crippen molar-refractivity contribution < 1.29 is 19.7 Å². The summed E-state index contributed by atoms with van der Waals surface area (Å²) in [5.74, 6) is 0.298. The molecular weight excluding hydrogens is 420 g/mol. The second-order valence-electron chi connectivity index (χ2n) is 11.7. The third-order valence-corrected chi connectivity index (χ3v) is 10.2. The molecule has 4 aliphatic rings. The maximum absolute atomic E-state index is 12.4. The van der Waals surface area contributed by atoms with Gasteiger partial charge in [0.15, 0.2) is 0 Å². The summed E-state index contributed by atoms with van der Waals surface area (Å²) in [5, 5.41) is 41.1. The van der Waals surface area contributed by atoms with Crippen molar-refractivity contribution >= 4 is 6.21 Å². The molecule has 0 radical (unpaired) electrons. The van der Waals surface area contributed by atoms with Crippen molar-refractivity contribution in [2.75, 3.05) is 14.1 Å². The Morgan fingerprint density at radius 1 is 1.06 bits per heavy atom. The molecule has 5 rings (SSSR count). The molecule has 0 saturated heterocycles. The Morgan fingerprint density at radius 3 is 2.52 bits per heavy atom. The number of hydrogen-bond donors (Lipinski definition) is 3. The summed E-state index contributed by atoms with van der Waals surface area (Å²) < 4.78 is 5.18. The second kappa shape index (κ2) is 7.65. The summed E-state index contributed by atoms with van der Waals surface area (Å²) in [4.78, 5) is 11.5. The van der Waals surface area contributed by atoms with Crippen LogP contribution in [-0.4, -0.2) is 57.9 Å². The molecule has 1 heterocycles. The van der Waals surface area contributed by atoms with Gasteiger partial charge in [-0.05, 0) is 80.8 Å². The topological polar surface area (TPSA) is 106 Å². The van der Waals surface area contributed by atoms with E-state index in [2.05, 4.69) is 12.0 Å². The highest BCUT2D eigenvalue weighted by atomic mass is 16.4. The van der Waals surface area contributed by atoms with Crippen LogP contribution in [0.2, 0.25) is 0 Å². The van der Waals surface area contributed by atoms with Gasteiger partial charge in [0, 0.05) is 43.6 Å². The van der Waals surface area contributed by atoms with Gasteiger partial charge in [0.05, 0.1) is 23.6 Å². The van der Waals surface area contributed by atoms with Crippen LogP contribution in [0.1, 0.15) is 76.2 Å². The van der Waals surface area contributed by atoms with E-state index in [0.717, 1.165) is 31.2 Å². The van der Waals surface area contributed by atoms with Crippen LogP contribution in [-0.2, 0) is 0 Å². The molecule has 3 N–H and O–H groups in total. The Hall–Kier alpha value is -1.70. The lowest BCUT2D eigenvalue weighted by atomic mass is 9.41. The van der Waals surface area contributed by atoms with Gasteiger partial charge in [-0.1, -0.05) is 6.92 Å². The molecule has 7 nitrogen and oxygen atoms in total. The first-order chi connectivity index (χ1) is 15.5. The van der Waals surface area contributed by atoms with Crippen molar-refractivity contribution in [3.63, 3.8) is 0 Å². The lowest BCUT2D eigenvalue weighted by molar-refractivity contribution is -0.235. The Balaban J connectivity index is 1.54. The minimum absolute atomic E-state index is 0.0566. The average Bonchev–Trinajstić information content (AvgIpc) is 3.04. The largest absolute Gasteiger partial charge is 0.431 e. The fourth-order valence-electron chi connectivity index (χ4n) is 8.50. The van der Waals surface area contributed by atoms with Crippen molar-refractivity contribution in [2.24, 2.45) is 27.8 Å². The van der Waals surface area contributed by atoms with E-state index in [1.54, 1.807) is 11.3 Å². The zero-order valence-electron chi connectivity index (χ0n) is 20.0. The van der Waals surface area contributed by atoms with Gasteiger partial charge in [0.2, 0.25) is 0 Å². The lowest BCUT2D eigenvalue weighted by Crippen LogP contribution is -2.68. The smallest absolute Gasteiger partial charge is 0.335 e. The first-order valence-electron chi connectivity index (χ1n) is 12.5. The highest BCUT2D eigenvalue weighted by molar-refractivity contribution is 5.69. The number of hydrazone groups is 1. The van der Waals surface area contributed by atoms with E-state index >= 15 is 0 Å². The molecule has 8 atom stereocenters. The number of fused-ring (bicyclic) bond motifs is 5. The van der Waals surface area contributed by atoms with Crippen molar-refractivity contribution in [3.05, 3.63) is 34.4 Å². The van der Waals surface area contributed by atoms with E-state index in [1.165, 1.54) is 6.07 Å². The zero-order chi connectivity index (χ0) is 23.6. The van der Waals surface area contributed by atoms with Crippen LogP contribution in [0.15, 0.2) is 32.7 Å². The first-order valence-corrected chi connectivity index (χ1v) is 12.5. The van der Waals surface area contributed by atoms with Gasteiger partial charge < -0.3 is 24.7 Å². The van der Waals surface area contributed by atoms with Crippen LogP contribution in [0.4, 0.5) is 0 Å². The molecule has 0 aromatic carbocycles. The molecule has 1 aromatic rings. The molecule has 182 valence electrons. The summed E-state index contributed by atoms with van der Waals surface area (Å²) in [6, 6.07) is 3.33. The number of aliphatic hydroxyl groups is 3. The molecule has 0 amide bonds. The predicted molar refractivity (Wildman–Crippen MR) is 125 cm³/mol. The third-order valence-electron chi connectivity index (χ3n) is 10.2. The lowest BCUT2D eigenvalue weighted by Gasteiger charge is -2.65. The average molecular weight is 459 g/mol. The van der Waals surface area contributed by atoms with Crippen LogP contribution in [0.5, 0.6) is 0 Å². The Bertz CT molecular complexity index is 973. The SMILES string of the molecule is CN(C)/N=C/[C@]12CC[C@H](O)C[C@@]1(O)CC[C@@H]1[C@@H]2CC[C@]2(C)[C@@H](c3ccc(=O)oc3)CC[C@]12O. The van der Waals surface area contributed by atoms with Gasteiger partial charge in [0.25, 0.3) is 0 Å². The second-order valence-corrected chi connectivity index (χ2v) is 11.7. The van der Waals surface area contributed by atoms with Crippen molar-refractivity contribution in [3.8, 4) is 0 Å². The molecular formula is C26H38N2O5. The minimum Gasteiger partial charge on any atom is -0.431 e. The minimum atomic E-state index is -1.00. The van der Waals surface area contributed by atoms with Gasteiger partial charge in [-0.3, -0.25) is 0 Å². The van der Waals surface area contributed by atoms with Crippen LogP contribution in [0, 0.1) is 22.7 Å². The normalized spacial score (nSPS) is 47.1. The fraction of sp³-hybridized carbons (Fsp3) is 0.769. The monoisotopic (exact) mass is 458 g/mol. The van der Waals surface area contributed by atoms with E-state index in [0.29, 0.717) is 32.1 Å². The summed E-state index contributed by atoms with van der Waals surface area (Å²) >= 11 is 0. The van der Waals surface area contributed by atoms with Crippen LogP contribution in [0.3, 0.4) is 0 Å². The van der Waals surface area contributed by atoms with Crippen molar-refractivity contribution in [2.45, 2.75) is 87.9 Å². The van der Waals surface area contributed by atoms with E-state index < -0.39 is 22.7 Å². The maximum atomic E-state index is 12.4. The Morgan fingerprint density at radius 2 is 1.82 bits per heavy atom. The first kappa shape index (κ1) is 23.1. The number of aliphatic hydroxyl groups excluding tert-OH is 1. The van der Waals surface area contributed by atoms with Gasteiger partial charge in [0.1, 0.15) is 0 Å². The van der Waals surface area contributed by atoms with Gasteiger partial charge in [-0.25, -0.2) is 4.79 Å². The van der Waals surface area contributed by atoms with Crippen LogP contribution in [0.25, 0.3) is 0 Å². The summed E-state index contributed by atoms with van der Waals surface area (Å²) in [7, 11) is 3.77. The highest BCUT2D eigenvalue weighted by Gasteiger charge is 2.70. The predicted octanol–water partition coefficient (Wildman–Crippen LogP) is 2.88. The van der Waals surface area contributed by atoms with E-state index in [4.69, 9.17) is 4.42 Å². The number of rotatable bonds is 3. The van der Waals surface area contributed by atoms with E-state index in [1.807, 2.05) is 26.4 Å². The van der Waals surface area contributed by atoms with Gasteiger partial charge >= 0.3 is 5.63 Å². The zero-order valence-corrected chi connectivity index (χ0v) is 20.0. The van der Waals surface area contributed by atoms with Crippen molar-refractivity contribution in [1.82, 2.24) is 5.01 Å². The quantitative estimate of drug-likeness (QED) is 0.475. The Kier molecular flexibility index (Phi) is 5.35.